The average Bonchev–Trinajstić information content (AvgIpc) is 2.55. The fourth-order valence-electron chi connectivity index (χ4n) is 1.79. The van der Waals surface area contributed by atoms with Crippen LogP contribution < -0.4 is 0 Å². The van der Waals surface area contributed by atoms with Crippen LogP contribution >= 0.6 is 58.0 Å². The first kappa shape index (κ1) is 14.3. The maximum Gasteiger partial charge on any atom is 0.212 e. The first-order chi connectivity index (χ1) is 8.29. The van der Waals surface area contributed by atoms with Gasteiger partial charge in [0.1, 0.15) is 5.70 Å². The molecule has 7 heteroatoms. The third-order valence-corrected chi connectivity index (χ3v) is 4.75. The molecular formula is C11H6Cl5NO. The number of rotatable bonds is 1. The van der Waals surface area contributed by atoms with Crippen molar-refractivity contribution in [3.05, 3.63) is 36.9 Å². The lowest BCUT2D eigenvalue weighted by Crippen LogP contribution is -2.17. The van der Waals surface area contributed by atoms with Crippen LogP contribution in [-0.4, -0.2) is 24.8 Å². The number of likely N-dealkylation sites (N-methyl/N-ethyl adjacent to an activating group) is 1. The molecule has 2 nitrogen and oxygen atoms in total. The zero-order chi connectivity index (χ0) is 13.8. The van der Waals surface area contributed by atoms with Gasteiger partial charge in [-0.15, -0.1) is 0 Å². The molecule has 0 fully saturated rings. The highest BCUT2D eigenvalue weighted by Crippen LogP contribution is 2.49. The number of hydrogen-bond acceptors (Lipinski definition) is 2. The van der Waals surface area contributed by atoms with E-state index in [-0.39, 0.29) is 36.5 Å². The molecule has 2 rings (SSSR count). The van der Waals surface area contributed by atoms with E-state index in [1.165, 1.54) is 0 Å². The van der Waals surface area contributed by atoms with E-state index in [1.807, 2.05) is 0 Å². The minimum Gasteiger partial charge on any atom is -0.373 e. The number of halogens is 5. The monoisotopic (exact) mass is 343 g/mol. The highest BCUT2D eigenvalue weighted by Gasteiger charge is 2.36. The predicted octanol–water partition coefficient (Wildman–Crippen LogP) is 4.97. The summed E-state index contributed by atoms with van der Waals surface area (Å²) in [6, 6.07) is 0. The Kier molecular flexibility index (Phi) is 3.79. The van der Waals surface area contributed by atoms with Crippen molar-refractivity contribution >= 4 is 68.8 Å². The standard InChI is InChI=1S/C11H6Cl5NO/c1-17(2)10-7(14)3-4(11(10)18)6(13)9(16)8(15)5(3)12/h1-2H3. The number of ketones is 1. The quantitative estimate of drug-likeness (QED) is 0.529. The van der Waals surface area contributed by atoms with Crippen molar-refractivity contribution in [2.24, 2.45) is 0 Å². The van der Waals surface area contributed by atoms with Crippen LogP contribution in [-0.2, 0) is 0 Å². The molecule has 1 aliphatic rings. The molecule has 1 aliphatic carbocycles. The molecule has 96 valence electrons. The Hall–Kier alpha value is -0.120. The summed E-state index contributed by atoms with van der Waals surface area (Å²) in [6.45, 7) is 0. The number of benzene rings is 1. The summed E-state index contributed by atoms with van der Waals surface area (Å²) in [5.41, 5.74) is 0.852. The van der Waals surface area contributed by atoms with Crippen LogP contribution in [0, 0.1) is 0 Å². The smallest absolute Gasteiger partial charge is 0.212 e. The van der Waals surface area contributed by atoms with Crippen molar-refractivity contribution in [3.8, 4) is 0 Å². The van der Waals surface area contributed by atoms with Crippen LogP contribution in [0.5, 0.6) is 0 Å². The van der Waals surface area contributed by atoms with Crippen molar-refractivity contribution in [1.29, 1.82) is 0 Å². The fourth-order valence-corrected chi connectivity index (χ4v) is 3.31. The molecule has 0 N–H and O–H groups in total. The maximum atomic E-state index is 12.3. The van der Waals surface area contributed by atoms with Gasteiger partial charge in [-0.1, -0.05) is 58.0 Å². The Labute approximate surface area is 129 Å². The molecule has 18 heavy (non-hydrogen) atoms. The molecule has 0 amide bonds. The van der Waals surface area contributed by atoms with E-state index in [2.05, 4.69) is 0 Å². The van der Waals surface area contributed by atoms with Crippen molar-refractivity contribution < 1.29 is 4.79 Å². The lowest BCUT2D eigenvalue weighted by atomic mass is 10.1. The minimum atomic E-state index is -0.314. The summed E-state index contributed by atoms with van der Waals surface area (Å²) in [4.78, 5) is 13.9. The Morgan fingerprint density at radius 3 is 1.67 bits per heavy atom. The normalized spacial score (nSPS) is 14.3. The van der Waals surface area contributed by atoms with Gasteiger partial charge >= 0.3 is 0 Å². The van der Waals surface area contributed by atoms with Crippen LogP contribution in [0.3, 0.4) is 0 Å². The maximum absolute atomic E-state index is 12.3. The van der Waals surface area contributed by atoms with Crippen LogP contribution in [0.4, 0.5) is 0 Å². The van der Waals surface area contributed by atoms with E-state index in [0.717, 1.165) is 0 Å². The summed E-state index contributed by atoms with van der Waals surface area (Å²) in [5, 5.41) is 0.579. The lowest BCUT2D eigenvalue weighted by Gasteiger charge is -2.12. The topological polar surface area (TPSA) is 20.3 Å². The molecule has 0 saturated heterocycles. The molecule has 0 aliphatic heterocycles. The molecule has 1 aromatic carbocycles. The van der Waals surface area contributed by atoms with Gasteiger partial charge in [0.05, 0.1) is 30.7 Å². The number of fused-ring (bicyclic) bond motifs is 1. The number of Topliss-reactive ketones (excluding diaryl/α,β-unsaturated/α-hetero) is 1. The van der Waals surface area contributed by atoms with Gasteiger partial charge in [-0.3, -0.25) is 4.79 Å². The molecule has 1 aromatic rings. The Morgan fingerprint density at radius 2 is 1.22 bits per heavy atom. The van der Waals surface area contributed by atoms with Gasteiger partial charge < -0.3 is 4.90 Å². The van der Waals surface area contributed by atoms with Crippen molar-refractivity contribution in [2.45, 2.75) is 0 Å². The first-order valence-electron chi connectivity index (χ1n) is 4.77. The van der Waals surface area contributed by atoms with Crippen molar-refractivity contribution in [1.82, 2.24) is 4.90 Å². The molecule has 0 aromatic heterocycles. The van der Waals surface area contributed by atoms with Gasteiger partial charge in [0, 0.05) is 19.7 Å². The zero-order valence-electron chi connectivity index (χ0n) is 9.25. The van der Waals surface area contributed by atoms with Crippen molar-refractivity contribution in [2.75, 3.05) is 14.1 Å². The van der Waals surface area contributed by atoms with E-state index in [4.69, 9.17) is 58.0 Å². The molecule has 0 atom stereocenters. The van der Waals surface area contributed by atoms with Gasteiger partial charge in [0.2, 0.25) is 5.78 Å². The summed E-state index contributed by atoms with van der Waals surface area (Å²) in [5.74, 6) is -0.314. The van der Waals surface area contributed by atoms with Gasteiger partial charge in [0.25, 0.3) is 0 Å². The molecule has 0 unspecified atom stereocenters. The van der Waals surface area contributed by atoms with Gasteiger partial charge in [-0.05, 0) is 0 Å². The predicted molar refractivity (Wildman–Crippen MR) is 77.3 cm³/mol. The minimum absolute atomic E-state index is 0.0555. The fraction of sp³-hybridized carbons (Fsp3) is 0.182. The number of allylic oxidation sites excluding steroid dienone is 1. The molecule has 0 bridgehead atoms. The van der Waals surface area contributed by atoms with E-state index in [9.17, 15) is 4.79 Å². The number of carbonyl (C=O) groups excluding carboxylic acids is 1. The van der Waals surface area contributed by atoms with Crippen LogP contribution in [0.2, 0.25) is 20.1 Å². The first-order valence-corrected chi connectivity index (χ1v) is 6.66. The van der Waals surface area contributed by atoms with Crippen LogP contribution in [0.25, 0.3) is 5.03 Å². The van der Waals surface area contributed by atoms with E-state index in [0.29, 0.717) is 11.3 Å². The van der Waals surface area contributed by atoms with E-state index >= 15 is 0 Å². The van der Waals surface area contributed by atoms with Crippen molar-refractivity contribution in [3.63, 3.8) is 0 Å². The number of nitrogens with zero attached hydrogens (tertiary/aromatic N) is 1. The molecule has 0 radical (unpaired) electrons. The van der Waals surface area contributed by atoms with E-state index < -0.39 is 0 Å². The van der Waals surface area contributed by atoms with Gasteiger partial charge in [-0.25, -0.2) is 0 Å². The summed E-state index contributed by atoms with van der Waals surface area (Å²) in [7, 11) is 3.40. The van der Waals surface area contributed by atoms with Gasteiger partial charge in [0.15, 0.2) is 0 Å². The second-order valence-corrected chi connectivity index (χ2v) is 5.78. The second kappa shape index (κ2) is 4.77. The Balaban J connectivity index is 2.87. The molecule has 0 spiro atoms. The third kappa shape index (κ3) is 1.83. The summed E-state index contributed by atoms with van der Waals surface area (Å²) < 4.78 is 0. The molecule has 0 heterocycles. The second-order valence-electron chi connectivity index (χ2n) is 3.89. The zero-order valence-corrected chi connectivity index (χ0v) is 13.0. The third-order valence-electron chi connectivity index (χ3n) is 2.58. The average molecular weight is 345 g/mol. The van der Waals surface area contributed by atoms with Crippen LogP contribution in [0.1, 0.15) is 15.9 Å². The number of carbonyl (C=O) groups is 1. The van der Waals surface area contributed by atoms with E-state index in [1.54, 1.807) is 19.0 Å². The Morgan fingerprint density at radius 1 is 0.778 bits per heavy atom. The molecular weight excluding hydrogens is 339 g/mol. The SMILES string of the molecule is CN(C)C1=C(Cl)c2c(Cl)c(Cl)c(Cl)c(Cl)c2C1=O. The number of hydrogen-bond donors (Lipinski definition) is 0. The highest BCUT2D eigenvalue weighted by molar-refractivity contribution is 6.60. The highest BCUT2D eigenvalue weighted by atomic mass is 35.5. The largest absolute Gasteiger partial charge is 0.373 e. The lowest BCUT2D eigenvalue weighted by molar-refractivity contribution is 0.101. The summed E-state index contributed by atoms with van der Waals surface area (Å²) in [6.07, 6.45) is 0. The van der Waals surface area contributed by atoms with Crippen LogP contribution in [0.15, 0.2) is 5.70 Å². The molecule has 0 saturated carbocycles. The van der Waals surface area contributed by atoms with Gasteiger partial charge in [-0.2, -0.15) is 0 Å². The summed E-state index contributed by atoms with van der Waals surface area (Å²) >= 11 is 30.2. The Bertz CT molecular complexity index is 606.